The van der Waals surface area contributed by atoms with Gasteiger partial charge in [-0.1, -0.05) is 29.8 Å². The van der Waals surface area contributed by atoms with Crippen LogP contribution in [0.1, 0.15) is 9.67 Å². The lowest BCUT2D eigenvalue weighted by Gasteiger charge is -2.34. The highest BCUT2D eigenvalue weighted by Gasteiger charge is 2.24. The first-order valence-electron chi connectivity index (χ1n) is 7.74. The van der Waals surface area contributed by atoms with E-state index in [-0.39, 0.29) is 11.8 Å². The molecule has 126 valence electrons. The molecule has 24 heavy (non-hydrogen) atoms. The molecule has 2 amide bonds. The molecular formula is C17H18ClN3O2S. The highest BCUT2D eigenvalue weighted by atomic mass is 35.5. The molecule has 5 nitrogen and oxygen atoms in total. The van der Waals surface area contributed by atoms with Gasteiger partial charge >= 0.3 is 0 Å². The number of piperazine rings is 1. The molecule has 0 radical (unpaired) electrons. The minimum atomic E-state index is -0.0361. The molecule has 1 aromatic carbocycles. The highest BCUT2D eigenvalue weighted by Crippen LogP contribution is 2.23. The number of anilines is 1. The van der Waals surface area contributed by atoms with Crippen molar-refractivity contribution in [1.82, 2.24) is 9.80 Å². The topological polar surface area (TPSA) is 52.7 Å². The van der Waals surface area contributed by atoms with Crippen LogP contribution in [0.4, 0.5) is 5.69 Å². The Kier molecular flexibility index (Phi) is 5.50. The predicted molar refractivity (Wildman–Crippen MR) is 96.7 cm³/mol. The Morgan fingerprint density at radius 2 is 1.75 bits per heavy atom. The zero-order chi connectivity index (χ0) is 16.9. The number of halogens is 1. The van der Waals surface area contributed by atoms with E-state index in [4.69, 9.17) is 11.6 Å². The molecule has 0 atom stereocenters. The SMILES string of the molecule is O=C(CN1CCN(C(=O)c2ccc(Cl)s2)CC1)Nc1ccccc1. The molecule has 3 rings (SSSR count). The lowest BCUT2D eigenvalue weighted by Crippen LogP contribution is -2.50. The molecular weight excluding hydrogens is 346 g/mol. The second-order valence-electron chi connectivity index (χ2n) is 5.59. The van der Waals surface area contributed by atoms with Gasteiger partial charge in [-0.05, 0) is 24.3 Å². The maximum absolute atomic E-state index is 12.4. The van der Waals surface area contributed by atoms with E-state index in [0.29, 0.717) is 41.9 Å². The van der Waals surface area contributed by atoms with Crippen LogP contribution in [0.5, 0.6) is 0 Å². The third kappa shape index (κ3) is 4.35. The molecule has 0 saturated carbocycles. The van der Waals surface area contributed by atoms with Crippen molar-refractivity contribution in [1.29, 1.82) is 0 Å². The van der Waals surface area contributed by atoms with E-state index in [1.807, 2.05) is 35.2 Å². The zero-order valence-corrected chi connectivity index (χ0v) is 14.6. The van der Waals surface area contributed by atoms with Crippen molar-refractivity contribution in [2.24, 2.45) is 0 Å². The van der Waals surface area contributed by atoms with Crippen LogP contribution in [0.2, 0.25) is 4.34 Å². The van der Waals surface area contributed by atoms with Crippen molar-refractivity contribution in [2.45, 2.75) is 0 Å². The van der Waals surface area contributed by atoms with Crippen molar-refractivity contribution < 1.29 is 9.59 Å². The van der Waals surface area contributed by atoms with E-state index in [2.05, 4.69) is 10.2 Å². The number of hydrogen-bond donors (Lipinski definition) is 1. The third-order valence-corrected chi connectivity index (χ3v) is 5.09. The summed E-state index contributed by atoms with van der Waals surface area (Å²) < 4.78 is 0.620. The average molecular weight is 364 g/mol. The van der Waals surface area contributed by atoms with E-state index in [1.165, 1.54) is 11.3 Å². The number of nitrogens with one attached hydrogen (secondary N) is 1. The molecule has 1 saturated heterocycles. The number of thiophene rings is 1. The van der Waals surface area contributed by atoms with Gasteiger partial charge in [-0.15, -0.1) is 11.3 Å². The highest BCUT2D eigenvalue weighted by molar-refractivity contribution is 7.17. The van der Waals surface area contributed by atoms with Crippen LogP contribution in [-0.4, -0.2) is 54.3 Å². The Balaban J connectivity index is 1.46. The molecule has 0 spiro atoms. The molecule has 1 aliphatic heterocycles. The summed E-state index contributed by atoms with van der Waals surface area (Å²) in [6.45, 7) is 2.95. The summed E-state index contributed by atoms with van der Waals surface area (Å²) in [5.74, 6) is -0.0219. The summed E-state index contributed by atoms with van der Waals surface area (Å²) in [6.07, 6.45) is 0. The van der Waals surface area contributed by atoms with Crippen LogP contribution in [0, 0.1) is 0 Å². The van der Waals surface area contributed by atoms with Crippen LogP contribution in [0.15, 0.2) is 42.5 Å². The Bertz CT molecular complexity index is 712. The minimum Gasteiger partial charge on any atom is -0.335 e. The molecule has 0 bridgehead atoms. The fourth-order valence-electron chi connectivity index (χ4n) is 2.62. The standard InChI is InChI=1S/C17H18ClN3O2S/c18-15-7-6-14(24-15)17(23)21-10-8-20(9-11-21)12-16(22)19-13-4-2-1-3-5-13/h1-7H,8-12H2,(H,19,22). The van der Waals surface area contributed by atoms with Gasteiger partial charge in [0, 0.05) is 31.9 Å². The summed E-state index contributed by atoms with van der Waals surface area (Å²) in [6, 6.07) is 12.9. The number of hydrogen-bond acceptors (Lipinski definition) is 4. The van der Waals surface area contributed by atoms with E-state index < -0.39 is 0 Å². The van der Waals surface area contributed by atoms with E-state index in [1.54, 1.807) is 12.1 Å². The molecule has 1 aliphatic rings. The van der Waals surface area contributed by atoms with Gasteiger partial charge in [-0.25, -0.2) is 0 Å². The van der Waals surface area contributed by atoms with Crippen LogP contribution < -0.4 is 5.32 Å². The fraction of sp³-hybridized carbons (Fsp3) is 0.294. The number of nitrogens with zero attached hydrogens (tertiary/aromatic N) is 2. The number of rotatable bonds is 4. The smallest absolute Gasteiger partial charge is 0.264 e. The predicted octanol–water partition coefficient (Wildman–Crippen LogP) is 2.80. The van der Waals surface area contributed by atoms with E-state index >= 15 is 0 Å². The maximum Gasteiger partial charge on any atom is 0.264 e. The quantitative estimate of drug-likeness (QED) is 0.908. The average Bonchev–Trinajstić information content (AvgIpc) is 3.02. The minimum absolute atomic E-state index is 0.0142. The molecule has 1 N–H and O–H groups in total. The van der Waals surface area contributed by atoms with Crippen LogP contribution in [0.25, 0.3) is 0 Å². The Morgan fingerprint density at radius 3 is 2.38 bits per heavy atom. The maximum atomic E-state index is 12.4. The summed E-state index contributed by atoms with van der Waals surface area (Å²) in [5, 5.41) is 2.88. The Labute approximate surface area is 149 Å². The van der Waals surface area contributed by atoms with Gasteiger partial charge in [0.15, 0.2) is 0 Å². The normalized spacial score (nSPS) is 15.3. The number of para-hydroxylation sites is 1. The lowest BCUT2D eigenvalue weighted by molar-refractivity contribution is -0.117. The third-order valence-electron chi connectivity index (χ3n) is 3.87. The van der Waals surface area contributed by atoms with Crippen LogP contribution in [0.3, 0.4) is 0 Å². The van der Waals surface area contributed by atoms with Crippen LogP contribution >= 0.6 is 22.9 Å². The van der Waals surface area contributed by atoms with Gasteiger partial charge in [0.25, 0.3) is 5.91 Å². The summed E-state index contributed by atoms with van der Waals surface area (Å²) in [4.78, 5) is 29.0. The molecule has 1 aromatic heterocycles. The van der Waals surface area contributed by atoms with Crippen molar-refractivity contribution in [3.63, 3.8) is 0 Å². The van der Waals surface area contributed by atoms with Crippen molar-refractivity contribution >= 4 is 40.4 Å². The molecule has 7 heteroatoms. The summed E-state index contributed by atoms with van der Waals surface area (Å²) in [5.41, 5.74) is 0.797. The van der Waals surface area contributed by atoms with Crippen LogP contribution in [-0.2, 0) is 4.79 Å². The first-order valence-corrected chi connectivity index (χ1v) is 8.93. The Morgan fingerprint density at radius 1 is 1.04 bits per heavy atom. The molecule has 2 heterocycles. The van der Waals surface area contributed by atoms with Gasteiger partial charge in [0.1, 0.15) is 0 Å². The van der Waals surface area contributed by atoms with Crippen molar-refractivity contribution in [3.8, 4) is 0 Å². The zero-order valence-electron chi connectivity index (χ0n) is 13.1. The van der Waals surface area contributed by atoms with Crippen molar-refractivity contribution in [3.05, 3.63) is 51.7 Å². The first kappa shape index (κ1) is 17.0. The number of benzene rings is 1. The molecule has 1 fully saturated rings. The monoisotopic (exact) mass is 363 g/mol. The number of carbonyl (C=O) groups excluding carboxylic acids is 2. The molecule has 2 aromatic rings. The molecule has 0 aliphatic carbocycles. The van der Waals surface area contributed by atoms with E-state index in [9.17, 15) is 9.59 Å². The Hall–Kier alpha value is -1.89. The van der Waals surface area contributed by atoms with Gasteiger partial charge < -0.3 is 10.2 Å². The first-order chi connectivity index (χ1) is 11.6. The number of carbonyl (C=O) groups is 2. The van der Waals surface area contributed by atoms with E-state index in [0.717, 1.165) is 5.69 Å². The van der Waals surface area contributed by atoms with Gasteiger partial charge in [0.2, 0.25) is 5.91 Å². The van der Waals surface area contributed by atoms with Gasteiger partial charge in [0.05, 0.1) is 15.8 Å². The van der Waals surface area contributed by atoms with Crippen molar-refractivity contribution in [2.75, 3.05) is 38.0 Å². The van der Waals surface area contributed by atoms with Gasteiger partial charge in [-0.3, -0.25) is 14.5 Å². The van der Waals surface area contributed by atoms with Gasteiger partial charge in [-0.2, -0.15) is 0 Å². The summed E-state index contributed by atoms with van der Waals surface area (Å²) >= 11 is 7.18. The lowest BCUT2D eigenvalue weighted by atomic mass is 10.2. The second kappa shape index (κ2) is 7.79. The largest absolute Gasteiger partial charge is 0.335 e. The number of amides is 2. The summed E-state index contributed by atoms with van der Waals surface area (Å²) in [7, 11) is 0. The fourth-order valence-corrected chi connectivity index (χ4v) is 3.63. The molecule has 0 unspecified atom stereocenters. The second-order valence-corrected chi connectivity index (χ2v) is 7.30.